The molecular formula is C27H27FN6O4. The Labute approximate surface area is 218 Å². The van der Waals surface area contributed by atoms with Gasteiger partial charge in [-0.25, -0.2) is 9.37 Å². The normalized spacial score (nSPS) is 17.2. The summed E-state index contributed by atoms with van der Waals surface area (Å²) in [4.78, 5) is 31.5. The molecule has 0 spiro atoms. The van der Waals surface area contributed by atoms with Crippen LogP contribution in [-0.4, -0.2) is 66.9 Å². The third-order valence-electron chi connectivity index (χ3n) is 6.52. The number of nitrogens with zero attached hydrogens (tertiary/aromatic N) is 5. The molecule has 3 aromatic heterocycles. The minimum atomic E-state index is -1.31. The van der Waals surface area contributed by atoms with Gasteiger partial charge in [-0.05, 0) is 42.8 Å². The first-order valence-electron chi connectivity index (χ1n) is 12.3. The Morgan fingerprint density at radius 2 is 2.03 bits per heavy atom. The van der Waals surface area contributed by atoms with E-state index in [1.807, 2.05) is 42.0 Å². The van der Waals surface area contributed by atoms with E-state index in [4.69, 9.17) is 4.74 Å². The summed E-state index contributed by atoms with van der Waals surface area (Å²) in [5.41, 5.74) is 3.60. The summed E-state index contributed by atoms with van der Waals surface area (Å²) in [6.45, 7) is 2.60. The van der Waals surface area contributed by atoms with Crippen LogP contribution in [0, 0.1) is 0 Å². The average Bonchev–Trinajstić information content (AvgIpc) is 3.49. The molecule has 1 saturated heterocycles. The molecule has 1 fully saturated rings. The fourth-order valence-corrected chi connectivity index (χ4v) is 4.68. The number of anilines is 1. The smallest absolute Gasteiger partial charge is 0.248 e. The number of hydrogen-bond donors (Lipinski definition) is 2. The number of rotatable bonds is 8. The molecule has 2 amide bonds. The highest BCUT2D eigenvalue weighted by molar-refractivity contribution is 5.97. The van der Waals surface area contributed by atoms with Crippen molar-refractivity contribution in [3.8, 4) is 16.9 Å². The van der Waals surface area contributed by atoms with E-state index in [9.17, 15) is 19.1 Å². The molecule has 0 bridgehead atoms. The number of alkyl halides is 1. The molecule has 1 aliphatic heterocycles. The summed E-state index contributed by atoms with van der Waals surface area (Å²) in [6.07, 6.45) is 4.96. The maximum Gasteiger partial charge on any atom is 0.248 e. The molecule has 11 heteroatoms. The van der Waals surface area contributed by atoms with Gasteiger partial charge in [0.15, 0.2) is 0 Å². The number of pyridine rings is 1. The van der Waals surface area contributed by atoms with E-state index >= 15 is 0 Å². The van der Waals surface area contributed by atoms with E-state index in [0.717, 1.165) is 27.6 Å². The summed E-state index contributed by atoms with van der Waals surface area (Å²) in [5, 5.41) is 20.7. The lowest BCUT2D eigenvalue weighted by Gasteiger charge is -2.24. The number of carbonyl (C=O) groups excluding carboxylic acids is 2. The second-order valence-corrected chi connectivity index (χ2v) is 9.07. The molecule has 1 aliphatic rings. The third-order valence-corrected chi connectivity index (χ3v) is 6.52. The van der Waals surface area contributed by atoms with Crippen LogP contribution in [0.1, 0.15) is 18.9 Å². The summed E-state index contributed by atoms with van der Waals surface area (Å²) < 4.78 is 21.9. The number of amides is 2. The zero-order valence-corrected chi connectivity index (χ0v) is 20.7. The fraction of sp³-hybridized carbons (Fsp3) is 0.296. The van der Waals surface area contributed by atoms with Crippen LogP contribution >= 0.6 is 0 Å². The van der Waals surface area contributed by atoms with Gasteiger partial charge in [0.2, 0.25) is 11.8 Å². The topological polar surface area (TPSA) is 122 Å². The van der Waals surface area contributed by atoms with Crippen LogP contribution < -0.4 is 5.32 Å². The predicted octanol–water partition coefficient (Wildman–Crippen LogP) is 3.31. The van der Waals surface area contributed by atoms with Crippen LogP contribution in [0.2, 0.25) is 0 Å². The molecule has 0 unspecified atom stereocenters. The maximum atomic E-state index is 14.4. The Hall–Kier alpha value is -4.38. The van der Waals surface area contributed by atoms with Crippen LogP contribution in [0.5, 0.6) is 5.75 Å². The number of benzene rings is 1. The number of nitrogens with one attached hydrogen (secondary N) is 1. The molecule has 0 radical (unpaired) electrons. The molecule has 38 heavy (non-hydrogen) atoms. The number of halogens is 1. The van der Waals surface area contributed by atoms with Crippen molar-refractivity contribution in [1.29, 1.82) is 0 Å². The van der Waals surface area contributed by atoms with Crippen LogP contribution in [0.15, 0.2) is 61.2 Å². The fourth-order valence-electron chi connectivity index (χ4n) is 4.68. The molecule has 0 saturated carbocycles. The number of carbonyl (C=O) groups is 2. The minimum absolute atomic E-state index is 0.0447. The standard InChI is InChI=1S/C27H27FN6O4/c1-2-38-16-19-13-33(23-5-3-17(9-22(19)23)18-7-8-30-31-11-18)15-26(36)34-14-20(28)10-24(34)27(37)32-25-6-4-21(35)12-29-25/h3-9,11-13,20,24,35H,2,10,14-16H2,1H3,(H,29,32,37)/t20-,24+/m1/s1. The van der Waals surface area contributed by atoms with Crippen LogP contribution in [0.25, 0.3) is 22.0 Å². The van der Waals surface area contributed by atoms with Crippen molar-refractivity contribution in [2.75, 3.05) is 18.5 Å². The van der Waals surface area contributed by atoms with E-state index in [1.165, 1.54) is 23.2 Å². The van der Waals surface area contributed by atoms with Crippen molar-refractivity contribution in [1.82, 2.24) is 24.6 Å². The molecule has 4 heterocycles. The maximum absolute atomic E-state index is 14.4. The Morgan fingerprint density at radius 1 is 1.16 bits per heavy atom. The quantitative estimate of drug-likeness (QED) is 0.367. The summed E-state index contributed by atoms with van der Waals surface area (Å²) >= 11 is 0. The van der Waals surface area contributed by atoms with Gasteiger partial charge < -0.3 is 24.6 Å². The van der Waals surface area contributed by atoms with Gasteiger partial charge in [0.25, 0.3) is 0 Å². The Bertz CT molecular complexity index is 1440. The number of hydrogen-bond acceptors (Lipinski definition) is 7. The first-order valence-corrected chi connectivity index (χ1v) is 12.3. The second kappa shape index (κ2) is 10.9. The highest BCUT2D eigenvalue weighted by Gasteiger charge is 2.40. The van der Waals surface area contributed by atoms with Gasteiger partial charge in [0, 0.05) is 41.3 Å². The van der Waals surface area contributed by atoms with E-state index in [0.29, 0.717) is 13.2 Å². The number of aromatic nitrogens is 4. The Kier molecular flexibility index (Phi) is 7.27. The average molecular weight is 519 g/mol. The number of ether oxygens (including phenoxy) is 1. The SMILES string of the molecule is CCOCc1cn(CC(=O)N2C[C@H](F)C[C@H]2C(=O)Nc2ccc(O)cn2)c2ccc(-c3ccnnc3)cc12. The molecule has 1 aromatic carbocycles. The van der Waals surface area contributed by atoms with Crippen molar-refractivity contribution in [2.24, 2.45) is 0 Å². The van der Waals surface area contributed by atoms with Crippen molar-refractivity contribution in [3.63, 3.8) is 0 Å². The van der Waals surface area contributed by atoms with Crippen LogP contribution in [-0.2, 0) is 27.5 Å². The monoisotopic (exact) mass is 518 g/mol. The number of aromatic hydroxyl groups is 1. The molecular weight excluding hydrogens is 491 g/mol. The first kappa shape index (κ1) is 25.3. The van der Waals surface area contributed by atoms with Gasteiger partial charge in [-0.2, -0.15) is 10.2 Å². The van der Waals surface area contributed by atoms with Crippen LogP contribution in [0.3, 0.4) is 0 Å². The van der Waals surface area contributed by atoms with Gasteiger partial charge in [-0.3, -0.25) is 9.59 Å². The lowest BCUT2D eigenvalue weighted by Crippen LogP contribution is -2.44. The van der Waals surface area contributed by atoms with Crippen molar-refractivity contribution in [2.45, 2.75) is 38.7 Å². The predicted molar refractivity (Wildman–Crippen MR) is 138 cm³/mol. The van der Waals surface area contributed by atoms with E-state index in [-0.39, 0.29) is 37.0 Å². The van der Waals surface area contributed by atoms with Gasteiger partial charge in [-0.1, -0.05) is 6.07 Å². The summed E-state index contributed by atoms with van der Waals surface area (Å²) in [7, 11) is 0. The first-order chi connectivity index (χ1) is 18.4. The van der Waals surface area contributed by atoms with Gasteiger partial charge >= 0.3 is 0 Å². The molecule has 10 nitrogen and oxygen atoms in total. The van der Waals surface area contributed by atoms with Crippen molar-refractivity contribution in [3.05, 3.63) is 66.7 Å². The molecule has 5 rings (SSSR count). The second-order valence-electron chi connectivity index (χ2n) is 9.07. The molecule has 196 valence electrons. The number of fused-ring (bicyclic) bond motifs is 1. The Morgan fingerprint density at radius 3 is 2.76 bits per heavy atom. The van der Waals surface area contributed by atoms with Crippen molar-refractivity contribution >= 4 is 28.5 Å². The van der Waals surface area contributed by atoms with E-state index in [2.05, 4.69) is 20.5 Å². The number of likely N-dealkylation sites (tertiary alicyclic amines) is 1. The van der Waals surface area contributed by atoms with Crippen molar-refractivity contribution < 1.29 is 23.8 Å². The molecule has 2 N–H and O–H groups in total. The summed E-state index contributed by atoms with van der Waals surface area (Å²) in [6, 6.07) is 9.61. The lowest BCUT2D eigenvalue weighted by molar-refractivity contribution is -0.137. The zero-order valence-electron chi connectivity index (χ0n) is 20.7. The van der Waals surface area contributed by atoms with Crippen LogP contribution in [0.4, 0.5) is 10.2 Å². The summed E-state index contributed by atoms with van der Waals surface area (Å²) in [5.74, 6) is -0.732. The zero-order chi connectivity index (χ0) is 26.6. The Balaban J connectivity index is 1.39. The van der Waals surface area contributed by atoms with E-state index < -0.39 is 18.1 Å². The lowest BCUT2D eigenvalue weighted by atomic mass is 10.0. The largest absolute Gasteiger partial charge is 0.506 e. The minimum Gasteiger partial charge on any atom is -0.506 e. The molecule has 4 aromatic rings. The van der Waals surface area contributed by atoms with E-state index in [1.54, 1.807) is 12.4 Å². The molecule has 0 aliphatic carbocycles. The van der Waals surface area contributed by atoms with Gasteiger partial charge in [0.1, 0.15) is 30.3 Å². The molecule has 2 atom stereocenters. The third kappa shape index (κ3) is 5.32. The van der Waals surface area contributed by atoms with Gasteiger partial charge in [-0.15, -0.1) is 0 Å². The van der Waals surface area contributed by atoms with Gasteiger partial charge in [0.05, 0.1) is 31.7 Å². The highest BCUT2D eigenvalue weighted by atomic mass is 19.1. The highest BCUT2D eigenvalue weighted by Crippen LogP contribution is 2.29.